The van der Waals surface area contributed by atoms with Crippen molar-refractivity contribution in [2.45, 2.75) is 20.3 Å². The third-order valence-electron chi connectivity index (χ3n) is 4.09. The molecule has 0 saturated heterocycles. The molecular weight excluding hydrogens is 361 g/mol. The smallest absolute Gasteiger partial charge is 0.230 e. The Bertz CT molecular complexity index is 1010. The lowest BCUT2D eigenvalue weighted by atomic mass is 10.0. The fraction of sp³-hybridized carbons (Fsp3) is 0.190. The van der Waals surface area contributed by atoms with E-state index >= 15 is 0 Å². The number of nitrogens with one attached hydrogen (secondary N) is 1. The highest BCUT2D eigenvalue weighted by Gasteiger charge is 2.15. The van der Waals surface area contributed by atoms with E-state index in [0.29, 0.717) is 29.2 Å². The summed E-state index contributed by atoms with van der Waals surface area (Å²) in [6.07, 6.45) is 1.90. The topological polar surface area (TPSA) is 73.3 Å². The van der Waals surface area contributed by atoms with Crippen LogP contribution in [0.25, 0.3) is 0 Å². The van der Waals surface area contributed by atoms with Crippen molar-refractivity contribution in [2.24, 2.45) is 0 Å². The zero-order chi connectivity index (χ0) is 20.1. The van der Waals surface area contributed by atoms with Crippen LogP contribution >= 0.6 is 0 Å². The molecule has 0 spiro atoms. The largest absolute Gasteiger partial charge is 0.494 e. The lowest BCUT2D eigenvalue weighted by molar-refractivity contribution is 0.0985. The normalized spacial score (nSPS) is 10.4. The highest BCUT2D eigenvalue weighted by atomic mass is 19.1. The van der Waals surface area contributed by atoms with E-state index in [4.69, 9.17) is 9.47 Å². The van der Waals surface area contributed by atoms with Crippen LogP contribution in [0.15, 0.2) is 48.7 Å². The first-order valence-corrected chi connectivity index (χ1v) is 8.76. The van der Waals surface area contributed by atoms with Gasteiger partial charge in [0.2, 0.25) is 11.8 Å². The van der Waals surface area contributed by atoms with E-state index in [1.165, 1.54) is 31.5 Å². The number of aromatic nitrogens is 2. The molecule has 3 aromatic rings. The molecule has 1 N–H and O–H groups in total. The Morgan fingerprint density at radius 1 is 1.18 bits per heavy atom. The first-order valence-electron chi connectivity index (χ1n) is 8.76. The number of hydrogen-bond donors (Lipinski definition) is 1. The molecular formula is C21H20FN3O3. The Kier molecular flexibility index (Phi) is 5.84. The van der Waals surface area contributed by atoms with Crippen LogP contribution in [0.1, 0.15) is 29.3 Å². The SMILES string of the molecule is CCC(=O)c1c(C)cccc1Oc1ccnc(Nc2ccc(F)cc2OC)n1. The molecule has 0 amide bonds. The van der Waals surface area contributed by atoms with Crippen LogP contribution in [-0.2, 0) is 0 Å². The summed E-state index contributed by atoms with van der Waals surface area (Å²) in [5.41, 5.74) is 1.89. The molecule has 0 atom stereocenters. The minimum atomic E-state index is -0.409. The molecule has 0 aliphatic carbocycles. The van der Waals surface area contributed by atoms with Gasteiger partial charge in [0, 0.05) is 24.8 Å². The average Bonchev–Trinajstić information content (AvgIpc) is 2.69. The van der Waals surface area contributed by atoms with Gasteiger partial charge in [-0.25, -0.2) is 9.37 Å². The molecule has 0 aliphatic heterocycles. The number of ketones is 1. The number of Topliss-reactive ketones (excluding diaryl/α,β-unsaturated/α-hetero) is 1. The third kappa shape index (κ3) is 4.25. The Balaban J connectivity index is 1.87. The zero-order valence-electron chi connectivity index (χ0n) is 15.8. The molecule has 6 nitrogen and oxygen atoms in total. The van der Waals surface area contributed by atoms with E-state index in [0.717, 1.165) is 5.56 Å². The quantitative estimate of drug-likeness (QED) is 0.577. The maximum absolute atomic E-state index is 13.4. The Morgan fingerprint density at radius 2 is 2.00 bits per heavy atom. The summed E-state index contributed by atoms with van der Waals surface area (Å²) in [5.74, 6) is 0.873. The van der Waals surface area contributed by atoms with Gasteiger partial charge in [-0.05, 0) is 30.7 Å². The monoisotopic (exact) mass is 381 g/mol. The van der Waals surface area contributed by atoms with Crippen molar-refractivity contribution in [3.63, 3.8) is 0 Å². The van der Waals surface area contributed by atoms with Gasteiger partial charge >= 0.3 is 0 Å². The van der Waals surface area contributed by atoms with Crippen LogP contribution in [0.5, 0.6) is 17.4 Å². The van der Waals surface area contributed by atoms with Crippen molar-refractivity contribution in [1.29, 1.82) is 0 Å². The molecule has 0 unspecified atom stereocenters. The first kappa shape index (κ1) is 19.3. The molecule has 7 heteroatoms. The molecule has 2 aromatic carbocycles. The van der Waals surface area contributed by atoms with Crippen LogP contribution in [0.4, 0.5) is 16.0 Å². The van der Waals surface area contributed by atoms with Gasteiger partial charge in [0.1, 0.15) is 17.3 Å². The second-order valence-corrected chi connectivity index (χ2v) is 6.01. The molecule has 1 aromatic heterocycles. The van der Waals surface area contributed by atoms with Gasteiger partial charge in [0.05, 0.1) is 18.4 Å². The minimum Gasteiger partial charge on any atom is -0.494 e. The van der Waals surface area contributed by atoms with E-state index in [1.807, 2.05) is 19.1 Å². The predicted molar refractivity (Wildman–Crippen MR) is 104 cm³/mol. The zero-order valence-corrected chi connectivity index (χ0v) is 15.8. The molecule has 28 heavy (non-hydrogen) atoms. The fourth-order valence-corrected chi connectivity index (χ4v) is 2.72. The number of carbonyl (C=O) groups is 1. The van der Waals surface area contributed by atoms with Crippen LogP contribution in [0.3, 0.4) is 0 Å². The summed E-state index contributed by atoms with van der Waals surface area (Å²) in [6.45, 7) is 3.67. The fourth-order valence-electron chi connectivity index (χ4n) is 2.72. The predicted octanol–water partition coefficient (Wildman–Crippen LogP) is 5.06. The number of aryl methyl sites for hydroxylation is 1. The van der Waals surface area contributed by atoms with Crippen LogP contribution in [0.2, 0.25) is 0 Å². The van der Waals surface area contributed by atoms with Crippen molar-refractivity contribution in [3.8, 4) is 17.4 Å². The number of halogens is 1. The molecule has 0 bridgehead atoms. The van der Waals surface area contributed by atoms with E-state index in [9.17, 15) is 9.18 Å². The summed E-state index contributed by atoms with van der Waals surface area (Å²) < 4.78 is 24.4. The van der Waals surface area contributed by atoms with Crippen LogP contribution in [0, 0.1) is 12.7 Å². The lowest BCUT2D eigenvalue weighted by Gasteiger charge is -2.13. The van der Waals surface area contributed by atoms with Gasteiger partial charge < -0.3 is 14.8 Å². The van der Waals surface area contributed by atoms with Crippen molar-refractivity contribution in [3.05, 3.63) is 65.6 Å². The number of rotatable bonds is 7. The highest BCUT2D eigenvalue weighted by Crippen LogP contribution is 2.30. The van der Waals surface area contributed by atoms with Crippen LogP contribution < -0.4 is 14.8 Å². The maximum atomic E-state index is 13.4. The van der Waals surface area contributed by atoms with Crippen molar-refractivity contribution >= 4 is 17.4 Å². The number of ether oxygens (including phenoxy) is 2. The lowest BCUT2D eigenvalue weighted by Crippen LogP contribution is -2.04. The van der Waals surface area contributed by atoms with Crippen LogP contribution in [-0.4, -0.2) is 22.9 Å². The number of carbonyl (C=O) groups excluding carboxylic acids is 1. The highest BCUT2D eigenvalue weighted by molar-refractivity contribution is 5.99. The van der Waals surface area contributed by atoms with E-state index < -0.39 is 5.82 Å². The number of anilines is 2. The third-order valence-corrected chi connectivity index (χ3v) is 4.09. The molecule has 0 fully saturated rings. The molecule has 0 aliphatic rings. The summed E-state index contributed by atoms with van der Waals surface area (Å²) in [5, 5.41) is 2.98. The second-order valence-electron chi connectivity index (χ2n) is 6.01. The van der Waals surface area contributed by atoms with Gasteiger partial charge in [-0.2, -0.15) is 4.98 Å². The molecule has 144 valence electrons. The first-order chi connectivity index (χ1) is 13.5. The van der Waals surface area contributed by atoms with Gasteiger partial charge in [0.25, 0.3) is 0 Å². The van der Waals surface area contributed by atoms with E-state index in [2.05, 4.69) is 15.3 Å². The maximum Gasteiger partial charge on any atom is 0.230 e. The summed E-state index contributed by atoms with van der Waals surface area (Å²) >= 11 is 0. The van der Waals surface area contributed by atoms with Crippen molar-refractivity contribution in [2.75, 3.05) is 12.4 Å². The number of methoxy groups -OCH3 is 1. The Labute approximate surface area is 162 Å². The molecule has 0 radical (unpaired) electrons. The number of nitrogens with zero attached hydrogens (tertiary/aromatic N) is 2. The van der Waals surface area contributed by atoms with Gasteiger partial charge in [-0.15, -0.1) is 0 Å². The Morgan fingerprint density at radius 3 is 2.75 bits per heavy atom. The summed E-state index contributed by atoms with van der Waals surface area (Å²) in [6, 6.07) is 11.1. The molecule has 1 heterocycles. The average molecular weight is 381 g/mol. The standard InChI is InChI=1S/C21H20FN3O3/c1-4-16(26)20-13(2)6-5-7-17(20)28-19-10-11-23-21(25-19)24-15-9-8-14(22)12-18(15)27-3/h5-12H,4H2,1-3H3,(H,23,24,25). The van der Waals surface area contributed by atoms with Gasteiger partial charge in [-0.3, -0.25) is 4.79 Å². The summed E-state index contributed by atoms with van der Waals surface area (Å²) in [4.78, 5) is 20.7. The summed E-state index contributed by atoms with van der Waals surface area (Å²) in [7, 11) is 1.45. The molecule has 0 saturated carbocycles. The number of hydrogen-bond acceptors (Lipinski definition) is 6. The minimum absolute atomic E-state index is 0.00319. The van der Waals surface area contributed by atoms with E-state index in [-0.39, 0.29) is 17.6 Å². The van der Waals surface area contributed by atoms with Gasteiger partial charge in [-0.1, -0.05) is 19.1 Å². The molecule has 3 rings (SSSR count). The van der Waals surface area contributed by atoms with Crippen molar-refractivity contribution < 1.29 is 18.7 Å². The number of benzene rings is 2. The second kappa shape index (κ2) is 8.47. The van der Waals surface area contributed by atoms with Gasteiger partial charge in [0.15, 0.2) is 5.78 Å². The Hall–Kier alpha value is -3.48. The van der Waals surface area contributed by atoms with E-state index in [1.54, 1.807) is 19.1 Å². The van der Waals surface area contributed by atoms with Crippen molar-refractivity contribution in [1.82, 2.24) is 9.97 Å².